The molecule has 5 heteroatoms. The molecule has 60 heavy (non-hydrogen) atoms. The molecule has 0 aliphatic rings. The maximum Gasteiger partial charge on any atom is 0.164 e. The average Bonchev–Trinajstić information content (AvgIpc) is 3.94. The van der Waals surface area contributed by atoms with Gasteiger partial charge in [0.1, 0.15) is 11.2 Å². The maximum absolute atomic E-state index is 6.18. The molecule has 0 amide bonds. The van der Waals surface area contributed by atoms with Crippen molar-refractivity contribution in [2.75, 3.05) is 0 Å². The Bertz CT molecular complexity index is 4070. The number of aromatic nitrogens is 4. The molecule has 0 bridgehead atoms. The molecular weight excluding hydrogens is 733 g/mol. The van der Waals surface area contributed by atoms with Crippen molar-refractivity contribution >= 4 is 97.6 Å². The van der Waals surface area contributed by atoms with Crippen LogP contribution >= 0.6 is 0 Å². The fraction of sp³-hybridized carbons (Fsp3) is 0. The van der Waals surface area contributed by atoms with E-state index >= 15 is 0 Å². The number of nitrogens with zero attached hydrogens (tertiary/aromatic N) is 4. The number of benzene rings is 9. The van der Waals surface area contributed by atoms with Gasteiger partial charge in [0.05, 0.1) is 11.0 Å². The van der Waals surface area contributed by atoms with Gasteiger partial charge in [0.15, 0.2) is 17.5 Å². The minimum Gasteiger partial charge on any atom is -0.456 e. The third-order valence-corrected chi connectivity index (χ3v) is 12.7. The first kappa shape index (κ1) is 31.9. The van der Waals surface area contributed by atoms with Gasteiger partial charge in [0.25, 0.3) is 0 Å². The molecule has 0 atom stereocenters. The van der Waals surface area contributed by atoms with Gasteiger partial charge >= 0.3 is 0 Å². The summed E-state index contributed by atoms with van der Waals surface area (Å²) >= 11 is 0. The molecule has 0 saturated carbocycles. The van der Waals surface area contributed by atoms with E-state index < -0.39 is 0 Å². The number of furan rings is 1. The average molecular weight is 763 g/mol. The summed E-state index contributed by atoms with van der Waals surface area (Å²) in [5.74, 6) is 1.84. The summed E-state index contributed by atoms with van der Waals surface area (Å²) < 4.78 is 8.63. The summed E-state index contributed by atoms with van der Waals surface area (Å²) in [5.41, 5.74) is 7.83. The Labute approximate surface area is 342 Å². The van der Waals surface area contributed by atoms with Crippen LogP contribution in [0.15, 0.2) is 186 Å². The molecule has 0 N–H and O–H groups in total. The summed E-state index contributed by atoms with van der Waals surface area (Å²) in [6.07, 6.45) is 0. The molecule has 11 aromatic carbocycles. The van der Waals surface area contributed by atoms with E-state index in [2.05, 4.69) is 138 Å². The van der Waals surface area contributed by atoms with E-state index in [0.717, 1.165) is 44.3 Å². The zero-order valence-electron chi connectivity index (χ0n) is 32.0. The molecule has 0 unspecified atom stereocenters. The number of hydrogen-bond acceptors (Lipinski definition) is 4. The Morgan fingerprint density at radius 3 is 1.60 bits per heavy atom. The maximum atomic E-state index is 6.18. The molecule has 0 fully saturated rings. The first-order valence-corrected chi connectivity index (χ1v) is 20.4. The van der Waals surface area contributed by atoms with Gasteiger partial charge in [-0.2, -0.15) is 0 Å². The van der Waals surface area contributed by atoms with Gasteiger partial charge in [0, 0.05) is 49.3 Å². The first-order chi connectivity index (χ1) is 29.7. The second-order valence-corrected chi connectivity index (χ2v) is 15.9. The van der Waals surface area contributed by atoms with Gasteiger partial charge in [0.2, 0.25) is 0 Å². The normalized spacial score (nSPS) is 12.3. The molecule has 276 valence electrons. The lowest BCUT2D eigenvalue weighted by Crippen LogP contribution is -2.01. The SMILES string of the molecule is c1ccc(-c2nc(-c3cccc(-n4c5cccc6c7ccccc7c7ccc8c9ccccc9c9cc4c(c7c89)c65)c3)nc(-c3ccc4oc5ccccc5c4c3)n2)cc1. The molecule has 0 saturated heterocycles. The number of para-hydroxylation sites is 1. The molecule has 0 aliphatic carbocycles. The molecule has 0 radical (unpaired) electrons. The zero-order valence-corrected chi connectivity index (χ0v) is 32.0. The van der Waals surface area contributed by atoms with Crippen LogP contribution in [0.2, 0.25) is 0 Å². The molecule has 3 aromatic heterocycles. The van der Waals surface area contributed by atoms with E-state index in [0.29, 0.717) is 17.5 Å². The molecule has 5 nitrogen and oxygen atoms in total. The van der Waals surface area contributed by atoms with Crippen LogP contribution in [-0.2, 0) is 0 Å². The number of hydrogen-bond donors (Lipinski definition) is 0. The lowest BCUT2D eigenvalue weighted by Gasteiger charge is -2.13. The molecule has 14 rings (SSSR count). The lowest BCUT2D eigenvalue weighted by molar-refractivity contribution is 0.669. The summed E-state index contributed by atoms with van der Waals surface area (Å²) in [7, 11) is 0. The summed E-state index contributed by atoms with van der Waals surface area (Å²) in [4.78, 5) is 15.5. The molecule has 0 aliphatic heterocycles. The van der Waals surface area contributed by atoms with Crippen molar-refractivity contribution in [3.8, 4) is 39.9 Å². The van der Waals surface area contributed by atoms with Crippen molar-refractivity contribution in [1.29, 1.82) is 0 Å². The number of rotatable bonds is 4. The third-order valence-electron chi connectivity index (χ3n) is 12.7. The summed E-state index contributed by atoms with van der Waals surface area (Å²) in [5, 5.41) is 17.6. The predicted octanol–water partition coefficient (Wildman–Crippen LogP) is 14.5. The fourth-order valence-electron chi connectivity index (χ4n) is 10.2. The smallest absolute Gasteiger partial charge is 0.164 e. The van der Waals surface area contributed by atoms with Gasteiger partial charge in [-0.05, 0) is 97.0 Å². The minimum atomic E-state index is 0.607. The Hall–Kier alpha value is -8.15. The van der Waals surface area contributed by atoms with Crippen LogP contribution in [0, 0.1) is 0 Å². The highest BCUT2D eigenvalue weighted by Crippen LogP contribution is 2.50. The van der Waals surface area contributed by atoms with Crippen molar-refractivity contribution < 1.29 is 4.42 Å². The van der Waals surface area contributed by atoms with Crippen molar-refractivity contribution in [2.45, 2.75) is 0 Å². The van der Waals surface area contributed by atoms with Gasteiger partial charge in [-0.1, -0.05) is 133 Å². The Morgan fingerprint density at radius 2 is 0.850 bits per heavy atom. The largest absolute Gasteiger partial charge is 0.456 e. The highest BCUT2D eigenvalue weighted by atomic mass is 16.3. The molecule has 3 heterocycles. The van der Waals surface area contributed by atoms with Crippen LogP contribution in [-0.4, -0.2) is 19.5 Å². The van der Waals surface area contributed by atoms with Crippen molar-refractivity contribution in [2.24, 2.45) is 0 Å². The van der Waals surface area contributed by atoms with Crippen LogP contribution in [0.25, 0.3) is 137 Å². The van der Waals surface area contributed by atoms with E-state index in [1.54, 1.807) is 0 Å². The number of fused-ring (bicyclic) bond motifs is 9. The van der Waals surface area contributed by atoms with Crippen LogP contribution in [0.5, 0.6) is 0 Å². The van der Waals surface area contributed by atoms with E-state index in [4.69, 9.17) is 19.4 Å². The Kier molecular flexibility index (Phi) is 6.23. The zero-order chi connectivity index (χ0) is 39.1. The van der Waals surface area contributed by atoms with E-state index in [1.165, 1.54) is 75.7 Å². The van der Waals surface area contributed by atoms with Crippen molar-refractivity contribution in [3.63, 3.8) is 0 Å². The predicted molar refractivity (Wildman–Crippen MR) is 248 cm³/mol. The van der Waals surface area contributed by atoms with E-state index in [9.17, 15) is 0 Å². The highest BCUT2D eigenvalue weighted by molar-refractivity contribution is 6.44. The molecular formula is C55H30N4O. The van der Waals surface area contributed by atoms with Gasteiger partial charge in [-0.15, -0.1) is 0 Å². The first-order valence-electron chi connectivity index (χ1n) is 20.4. The van der Waals surface area contributed by atoms with Crippen LogP contribution < -0.4 is 0 Å². The second-order valence-electron chi connectivity index (χ2n) is 15.9. The van der Waals surface area contributed by atoms with Crippen molar-refractivity contribution in [1.82, 2.24) is 19.5 Å². The topological polar surface area (TPSA) is 56.7 Å². The fourth-order valence-corrected chi connectivity index (χ4v) is 10.2. The van der Waals surface area contributed by atoms with Gasteiger partial charge in [-0.3, -0.25) is 0 Å². The van der Waals surface area contributed by atoms with Crippen LogP contribution in [0.1, 0.15) is 0 Å². The lowest BCUT2D eigenvalue weighted by atomic mass is 9.97. The van der Waals surface area contributed by atoms with Crippen molar-refractivity contribution in [3.05, 3.63) is 182 Å². The monoisotopic (exact) mass is 762 g/mol. The van der Waals surface area contributed by atoms with Gasteiger partial charge in [-0.25, -0.2) is 15.0 Å². The third kappa shape index (κ3) is 4.27. The van der Waals surface area contributed by atoms with Crippen LogP contribution in [0.3, 0.4) is 0 Å². The quantitative estimate of drug-likeness (QED) is 0.179. The summed E-state index contributed by atoms with van der Waals surface area (Å²) in [6, 6.07) is 64.9. The summed E-state index contributed by atoms with van der Waals surface area (Å²) in [6.45, 7) is 0. The van der Waals surface area contributed by atoms with E-state index in [1.807, 2.05) is 48.5 Å². The van der Waals surface area contributed by atoms with Gasteiger partial charge < -0.3 is 8.98 Å². The minimum absolute atomic E-state index is 0.607. The molecule has 14 aromatic rings. The second kappa shape index (κ2) is 11.7. The van der Waals surface area contributed by atoms with Crippen LogP contribution in [0.4, 0.5) is 0 Å². The Balaban J connectivity index is 1.05. The molecule has 0 spiro atoms. The standard InChI is InChI=1S/C55H30N4O/c1-2-12-31(13-3-1)53-56-54(58-55(57-53)33-24-27-48-43(29-33)39-20-8-9-23-47(39)60-48)32-14-10-15-34(28-32)59-45-22-11-21-40-35-16-4-5-17-36(35)42-26-25-41-37-18-6-7-19-38(37)44-30-46(59)52(50(40)45)51(42)49(41)44/h1-30H. The Morgan fingerprint density at radius 1 is 0.300 bits per heavy atom. The highest BCUT2D eigenvalue weighted by Gasteiger charge is 2.25. The van der Waals surface area contributed by atoms with E-state index in [-0.39, 0.29) is 0 Å².